The Morgan fingerprint density at radius 3 is 2.67 bits per heavy atom. The first-order valence-corrected chi connectivity index (χ1v) is 4.94. The maximum absolute atomic E-state index is 11.2. The topological polar surface area (TPSA) is 29.5 Å². The molecule has 1 fully saturated rings. The smallest absolute Gasteiger partial charge is 0.413 e. The molecule has 1 aromatic carbocycles. The summed E-state index contributed by atoms with van der Waals surface area (Å²) < 4.78 is 4.85. The highest BCUT2D eigenvalue weighted by molar-refractivity contribution is 5.71. The van der Waals surface area contributed by atoms with Crippen molar-refractivity contribution in [1.82, 2.24) is 4.90 Å². The molecule has 3 nitrogen and oxygen atoms in total. The van der Waals surface area contributed by atoms with Gasteiger partial charge in [0.25, 0.3) is 0 Å². The van der Waals surface area contributed by atoms with Gasteiger partial charge in [-0.25, -0.2) is 4.79 Å². The lowest BCUT2D eigenvalue weighted by molar-refractivity contribution is 0.169. The van der Waals surface area contributed by atoms with E-state index in [1.807, 2.05) is 18.2 Å². The molecule has 0 aliphatic carbocycles. The molecule has 0 saturated carbocycles. The van der Waals surface area contributed by atoms with Crippen LogP contribution in [0.25, 0.3) is 0 Å². The highest BCUT2D eigenvalue weighted by Crippen LogP contribution is 2.13. The molecule has 2 rings (SSSR count). The van der Waals surface area contributed by atoms with Crippen molar-refractivity contribution in [3.05, 3.63) is 48.2 Å². The van der Waals surface area contributed by atoms with Crippen LogP contribution in [0.1, 0.15) is 5.56 Å². The lowest BCUT2D eigenvalue weighted by atomic mass is 10.1. The fourth-order valence-corrected chi connectivity index (χ4v) is 1.58. The van der Waals surface area contributed by atoms with Crippen LogP contribution in [0.5, 0.6) is 0 Å². The summed E-state index contributed by atoms with van der Waals surface area (Å²) in [4.78, 5) is 12.9. The second-order valence-corrected chi connectivity index (χ2v) is 3.56. The lowest BCUT2D eigenvalue weighted by Crippen LogP contribution is -2.26. The van der Waals surface area contributed by atoms with Crippen molar-refractivity contribution in [2.24, 2.45) is 0 Å². The number of carbonyl (C=O) groups is 1. The summed E-state index contributed by atoms with van der Waals surface area (Å²) >= 11 is 0. The molecule has 0 aromatic heterocycles. The van der Waals surface area contributed by atoms with E-state index in [1.54, 1.807) is 4.90 Å². The van der Waals surface area contributed by atoms with Crippen LogP contribution >= 0.6 is 0 Å². The molecule has 0 spiro atoms. The quantitative estimate of drug-likeness (QED) is 0.753. The fraction of sp³-hybridized carbons (Fsp3) is 0.250. The van der Waals surface area contributed by atoms with Gasteiger partial charge in [-0.2, -0.15) is 0 Å². The molecule has 1 saturated heterocycles. The summed E-state index contributed by atoms with van der Waals surface area (Å²) in [6.45, 7) is 4.83. The van der Waals surface area contributed by atoms with Crippen molar-refractivity contribution in [3.8, 4) is 0 Å². The zero-order valence-electron chi connectivity index (χ0n) is 8.48. The number of rotatable bonds is 3. The van der Waals surface area contributed by atoms with Crippen LogP contribution in [-0.2, 0) is 11.2 Å². The molecule has 15 heavy (non-hydrogen) atoms. The van der Waals surface area contributed by atoms with E-state index in [9.17, 15) is 4.79 Å². The van der Waals surface area contributed by atoms with Crippen molar-refractivity contribution < 1.29 is 9.53 Å². The van der Waals surface area contributed by atoms with Crippen molar-refractivity contribution in [2.75, 3.05) is 13.1 Å². The minimum Gasteiger partial charge on any atom is -0.413 e. The molecule has 0 atom stereocenters. The number of ether oxygens (including phenoxy) is 1. The van der Waals surface area contributed by atoms with E-state index in [4.69, 9.17) is 4.74 Å². The number of nitrogens with zero attached hydrogens (tertiary/aromatic N) is 1. The van der Waals surface area contributed by atoms with Crippen LogP contribution in [0.2, 0.25) is 0 Å². The van der Waals surface area contributed by atoms with Crippen LogP contribution in [0.4, 0.5) is 4.79 Å². The van der Waals surface area contributed by atoms with Crippen molar-refractivity contribution in [2.45, 2.75) is 6.42 Å². The van der Waals surface area contributed by atoms with Crippen LogP contribution in [0, 0.1) is 0 Å². The van der Waals surface area contributed by atoms with E-state index in [2.05, 4.69) is 18.7 Å². The summed E-state index contributed by atoms with van der Waals surface area (Å²) in [5, 5.41) is 0. The Labute approximate surface area is 89.0 Å². The minimum absolute atomic E-state index is 0.282. The Balaban J connectivity index is 1.89. The number of hydrogen-bond acceptors (Lipinski definition) is 2. The molecule has 1 aliphatic heterocycles. The molecule has 0 radical (unpaired) electrons. The number of carbonyl (C=O) groups excluding carboxylic acids is 1. The van der Waals surface area contributed by atoms with Crippen LogP contribution in [0.15, 0.2) is 42.7 Å². The molecule has 78 valence electrons. The van der Waals surface area contributed by atoms with E-state index in [0.29, 0.717) is 18.8 Å². The maximum Gasteiger partial charge on any atom is 0.415 e. The second kappa shape index (κ2) is 4.17. The van der Waals surface area contributed by atoms with Gasteiger partial charge in [-0.15, -0.1) is 0 Å². The standard InChI is InChI=1S/C12H13NO2/c1-10-9-13(12(14)15-10)8-7-11-5-3-2-4-6-11/h2-6H,1,7-9H2. The predicted molar refractivity (Wildman–Crippen MR) is 57.3 cm³/mol. The average molecular weight is 203 g/mol. The van der Waals surface area contributed by atoms with Gasteiger partial charge < -0.3 is 9.64 Å². The third kappa shape index (κ3) is 2.37. The van der Waals surface area contributed by atoms with Gasteiger partial charge in [-0.1, -0.05) is 36.9 Å². The first-order valence-electron chi connectivity index (χ1n) is 4.94. The van der Waals surface area contributed by atoms with Crippen molar-refractivity contribution in [1.29, 1.82) is 0 Å². The average Bonchev–Trinajstić information content (AvgIpc) is 2.56. The van der Waals surface area contributed by atoms with Crippen molar-refractivity contribution in [3.63, 3.8) is 0 Å². The molecule has 1 heterocycles. The zero-order valence-corrected chi connectivity index (χ0v) is 8.48. The van der Waals surface area contributed by atoms with E-state index in [1.165, 1.54) is 5.56 Å². The zero-order chi connectivity index (χ0) is 10.7. The fourth-order valence-electron chi connectivity index (χ4n) is 1.58. The molecular weight excluding hydrogens is 190 g/mol. The van der Waals surface area contributed by atoms with Gasteiger partial charge in [0.05, 0.1) is 6.54 Å². The monoisotopic (exact) mass is 203 g/mol. The Morgan fingerprint density at radius 1 is 1.33 bits per heavy atom. The predicted octanol–water partition coefficient (Wildman–Crippen LogP) is 2.20. The molecule has 1 aromatic rings. The molecular formula is C12H13NO2. The lowest BCUT2D eigenvalue weighted by Gasteiger charge is -2.11. The Hall–Kier alpha value is -1.77. The Morgan fingerprint density at radius 2 is 2.07 bits per heavy atom. The maximum atomic E-state index is 11.2. The molecule has 0 unspecified atom stereocenters. The van der Waals surface area contributed by atoms with E-state index in [0.717, 1.165) is 6.42 Å². The van der Waals surface area contributed by atoms with Crippen LogP contribution in [-0.4, -0.2) is 24.1 Å². The molecule has 1 amide bonds. The van der Waals surface area contributed by atoms with Crippen LogP contribution < -0.4 is 0 Å². The van der Waals surface area contributed by atoms with E-state index < -0.39 is 0 Å². The number of amides is 1. The summed E-state index contributed by atoms with van der Waals surface area (Å²) in [7, 11) is 0. The first-order chi connectivity index (χ1) is 7.25. The summed E-state index contributed by atoms with van der Waals surface area (Å²) in [5.41, 5.74) is 1.22. The van der Waals surface area contributed by atoms with Gasteiger partial charge in [0.1, 0.15) is 5.76 Å². The highest BCUT2D eigenvalue weighted by Gasteiger charge is 2.24. The van der Waals surface area contributed by atoms with Gasteiger partial charge in [0, 0.05) is 6.54 Å². The Bertz CT molecular complexity index is 372. The summed E-state index contributed by atoms with van der Waals surface area (Å²) in [6.07, 6.45) is 0.569. The molecule has 0 bridgehead atoms. The number of hydrogen-bond donors (Lipinski definition) is 0. The summed E-state index contributed by atoms with van der Waals surface area (Å²) in [6, 6.07) is 10.1. The van der Waals surface area contributed by atoms with Crippen LogP contribution in [0.3, 0.4) is 0 Å². The number of benzene rings is 1. The highest BCUT2D eigenvalue weighted by atomic mass is 16.6. The third-order valence-corrected chi connectivity index (χ3v) is 2.37. The molecule has 1 aliphatic rings. The van der Waals surface area contributed by atoms with E-state index >= 15 is 0 Å². The molecule has 0 N–H and O–H groups in total. The van der Waals surface area contributed by atoms with Gasteiger partial charge in [-0.05, 0) is 12.0 Å². The van der Waals surface area contributed by atoms with Gasteiger partial charge >= 0.3 is 6.09 Å². The largest absolute Gasteiger partial charge is 0.415 e. The number of cyclic esters (lactones) is 1. The van der Waals surface area contributed by atoms with Gasteiger partial charge in [0.15, 0.2) is 0 Å². The normalized spacial score (nSPS) is 15.6. The summed E-state index contributed by atoms with van der Waals surface area (Å²) in [5.74, 6) is 0.535. The van der Waals surface area contributed by atoms with Gasteiger partial charge in [0.2, 0.25) is 0 Å². The molecule has 3 heteroatoms. The van der Waals surface area contributed by atoms with E-state index in [-0.39, 0.29) is 6.09 Å². The minimum atomic E-state index is -0.282. The Kier molecular flexibility index (Phi) is 2.72. The second-order valence-electron chi connectivity index (χ2n) is 3.56. The third-order valence-electron chi connectivity index (χ3n) is 2.37. The SMILES string of the molecule is C=C1CN(CCc2ccccc2)C(=O)O1. The van der Waals surface area contributed by atoms with Crippen molar-refractivity contribution >= 4 is 6.09 Å². The van der Waals surface area contributed by atoms with Gasteiger partial charge in [-0.3, -0.25) is 0 Å². The first kappa shape index (κ1) is 9.77.